The van der Waals surface area contributed by atoms with E-state index in [-0.39, 0.29) is 24.2 Å². The molecule has 0 atom stereocenters. The molecule has 1 saturated heterocycles. The molecule has 3 rings (SSSR count). The molecule has 0 aromatic heterocycles. The molecule has 0 saturated carbocycles. The van der Waals surface area contributed by atoms with E-state index in [2.05, 4.69) is 5.32 Å². The highest BCUT2D eigenvalue weighted by Crippen LogP contribution is 2.11. The van der Waals surface area contributed by atoms with Crippen LogP contribution in [0.5, 0.6) is 0 Å². The fourth-order valence-corrected chi connectivity index (χ4v) is 2.85. The maximum atomic E-state index is 13.1. The zero-order chi connectivity index (χ0) is 18.5. The van der Waals surface area contributed by atoms with Crippen molar-refractivity contribution in [2.45, 2.75) is 0 Å². The molecule has 2 aromatic rings. The van der Waals surface area contributed by atoms with Crippen molar-refractivity contribution in [3.05, 3.63) is 65.7 Å². The van der Waals surface area contributed by atoms with Gasteiger partial charge in [0.1, 0.15) is 11.6 Å². The Bertz CT molecular complexity index is 788. The van der Waals surface area contributed by atoms with E-state index >= 15 is 0 Å². The SMILES string of the molecule is O=C(CN1CCN(C(=O)c2ccc(F)cc2)CC1)Nc1cccc(F)c1. The number of amides is 2. The average molecular weight is 359 g/mol. The topological polar surface area (TPSA) is 52.7 Å². The smallest absolute Gasteiger partial charge is 0.253 e. The van der Waals surface area contributed by atoms with Crippen LogP contribution < -0.4 is 5.32 Å². The van der Waals surface area contributed by atoms with E-state index in [1.807, 2.05) is 4.90 Å². The molecule has 136 valence electrons. The van der Waals surface area contributed by atoms with Gasteiger partial charge in [0.05, 0.1) is 6.54 Å². The molecule has 2 aromatic carbocycles. The summed E-state index contributed by atoms with van der Waals surface area (Å²) < 4.78 is 26.1. The number of carbonyl (C=O) groups excluding carboxylic acids is 2. The van der Waals surface area contributed by atoms with Crippen LogP contribution in [-0.4, -0.2) is 54.3 Å². The lowest BCUT2D eigenvalue weighted by Crippen LogP contribution is -2.50. The molecular weight excluding hydrogens is 340 g/mol. The lowest BCUT2D eigenvalue weighted by atomic mass is 10.2. The quantitative estimate of drug-likeness (QED) is 0.912. The molecule has 1 heterocycles. The summed E-state index contributed by atoms with van der Waals surface area (Å²) in [5, 5.41) is 2.66. The van der Waals surface area contributed by atoms with E-state index in [0.29, 0.717) is 37.4 Å². The Morgan fingerprint density at radius 1 is 0.923 bits per heavy atom. The number of nitrogens with one attached hydrogen (secondary N) is 1. The zero-order valence-electron chi connectivity index (χ0n) is 14.1. The summed E-state index contributed by atoms with van der Waals surface area (Å²) in [6.07, 6.45) is 0. The molecule has 26 heavy (non-hydrogen) atoms. The maximum Gasteiger partial charge on any atom is 0.253 e. The first-order chi connectivity index (χ1) is 12.5. The molecule has 5 nitrogen and oxygen atoms in total. The third-order valence-corrected chi connectivity index (χ3v) is 4.23. The van der Waals surface area contributed by atoms with Crippen LogP contribution in [0, 0.1) is 11.6 Å². The molecule has 0 bridgehead atoms. The largest absolute Gasteiger partial charge is 0.336 e. The van der Waals surface area contributed by atoms with Crippen molar-refractivity contribution in [3.8, 4) is 0 Å². The predicted octanol–water partition coefficient (Wildman–Crippen LogP) is 2.36. The van der Waals surface area contributed by atoms with E-state index in [4.69, 9.17) is 0 Å². The Balaban J connectivity index is 1.48. The first-order valence-electron chi connectivity index (χ1n) is 8.34. The van der Waals surface area contributed by atoms with E-state index in [0.717, 1.165) is 0 Å². The van der Waals surface area contributed by atoms with Crippen molar-refractivity contribution < 1.29 is 18.4 Å². The van der Waals surface area contributed by atoms with Crippen molar-refractivity contribution in [1.82, 2.24) is 9.80 Å². The summed E-state index contributed by atoms with van der Waals surface area (Å²) in [7, 11) is 0. The maximum absolute atomic E-state index is 13.1. The Morgan fingerprint density at radius 2 is 1.62 bits per heavy atom. The van der Waals surface area contributed by atoms with Crippen LogP contribution in [0.15, 0.2) is 48.5 Å². The number of rotatable bonds is 4. The molecule has 1 aliphatic rings. The number of carbonyl (C=O) groups is 2. The fourth-order valence-electron chi connectivity index (χ4n) is 2.85. The van der Waals surface area contributed by atoms with Gasteiger partial charge in [0.25, 0.3) is 5.91 Å². The lowest BCUT2D eigenvalue weighted by Gasteiger charge is -2.34. The molecule has 1 N–H and O–H groups in total. The van der Waals surface area contributed by atoms with Crippen LogP contribution in [0.4, 0.5) is 14.5 Å². The van der Waals surface area contributed by atoms with E-state index in [1.54, 1.807) is 11.0 Å². The van der Waals surface area contributed by atoms with Gasteiger partial charge < -0.3 is 10.2 Å². The molecule has 0 aliphatic carbocycles. The van der Waals surface area contributed by atoms with E-state index in [9.17, 15) is 18.4 Å². The summed E-state index contributed by atoms with van der Waals surface area (Å²) in [4.78, 5) is 28.1. The number of hydrogen-bond acceptors (Lipinski definition) is 3. The molecule has 1 fully saturated rings. The van der Waals surface area contributed by atoms with Gasteiger partial charge in [-0.1, -0.05) is 6.07 Å². The minimum atomic E-state index is -0.407. The molecule has 1 aliphatic heterocycles. The summed E-state index contributed by atoms with van der Waals surface area (Å²) in [6, 6.07) is 11.2. The zero-order valence-corrected chi connectivity index (χ0v) is 14.1. The summed E-state index contributed by atoms with van der Waals surface area (Å²) in [5.41, 5.74) is 0.865. The number of anilines is 1. The van der Waals surface area contributed by atoms with Crippen molar-refractivity contribution >= 4 is 17.5 Å². The summed E-state index contributed by atoms with van der Waals surface area (Å²) in [5.74, 6) is -1.16. The first-order valence-corrected chi connectivity index (χ1v) is 8.34. The number of piperazine rings is 1. The number of nitrogens with zero attached hydrogens (tertiary/aromatic N) is 2. The van der Waals surface area contributed by atoms with Gasteiger partial charge in [-0.05, 0) is 42.5 Å². The summed E-state index contributed by atoms with van der Waals surface area (Å²) in [6.45, 7) is 2.27. The number of benzene rings is 2. The van der Waals surface area contributed by atoms with Crippen LogP contribution in [0.2, 0.25) is 0 Å². The van der Waals surface area contributed by atoms with Gasteiger partial charge >= 0.3 is 0 Å². The average Bonchev–Trinajstić information content (AvgIpc) is 2.62. The van der Waals surface area contributed by atoms with Crippen LogP contribution in [0.1, 0.15) is 10.4 Å². The van der Waals surface area contributed by atoms with Crippen molar-refractivity contribution in [1.29, 1.82) is 0 Å². The third kappa shape index (κ3) is 4.64. The molecule has 0 unspecified atom stereocenters. The number of halogens is 2. The van der Waals surface area contributed by atoms with Gasteiger partial charge in [-0.25, -0.2) is 8.78 Å². The van der Waals surface area contributed by atoms with Gasteiger partial charge in [0, 0.05) is 37.4 Å². The lowest BCUT2D eigenvalue weighted by molar-refractivity contribution is -0.117. The second kappa shape index (κ2) is 8.05. The van der Waals surface area contributed by atoms with Crippen LogP contribution in [-0.2, 0) is 4.79 Å². The van der Waals surface area contributed by atoms with Crippen LogP contribution in [0.25, 0.3) is 0 Å². The van der Waals surface area contributed by atoms with Gasteiger partial charge in [-0.3, -0.25) is 14.5 Å². The van der Waals surface area contributed by atoms with Gasteiger partial charge in [0.2, 0.25) is 5.91 Å². The van der Waals surface area contributed by atoms with Gasteiger partial charge in [-0.15, -0.1) is 0 Å². The highest BCUT2D eigenvalue weighted by molar-refractivity contribution is 5.94. The van der Waals surface area contributed by atoms with Crippen LogP contribution in [0.3, 0.4) is 0 Å². The highest BCUT2D eigenvalue weighted by atomic mass is 19.1. The van der Waals surface area contributed by atoms with Crippen molar-refractivity contribution in [2.24, 2.45) is 0 Å². The minimum absolute atomic E-state index is 0.145. The molecule has 7 heteroatoms. The summed E-state index contributed by atoms with van der Waals surface area (Å²) >= 11 is 0. The highest BCUT2D eigenvalue weighted by Gasteiger charge is 2.23. The predicted molar refractivity (Wildman–Crippen MR) is 93.8 cm³/mol. The normalized spacial score (nSPS) is 14.9. The molecule has 2 amide bonds. The second-order valence-corrected chi connectivity index (χ2v) is 6.13. The Hall–Kier alpha value is -2.80. The van der Waals surface area contributed by atoms with Crippen molar-refractivity contribution in [3.63, 3.8) is 0 Å². The Labute approximate surface area is 150 Å². The molecule has 0 spiro atoms. The van der Waals surface area contributed by atoms with Gasteiger partial charge in [-0.2, -0.15) is 0 Å². The Morgan fingerprint density at radius 3 is 2.27 bits per heavy atom. The fraction of sp³-hybridized carbons (Fsp3) is 0.263. The van der Waals surface area contributed by atoms with E-state index < -0.39 is 5.82 Å². The van der Waals surface area contributed by atoms with E-state index in [1.165, 1.54) is 42.5 Å². The second-order valence-electron chi connectivity index (χ2n) is 6.13. The van der Waals surface area contributed by atoms with Gasteiger partial charge in [0.15, 0.2) is 0 Å². The monoisotopic (exact) mass is 359 g/mol. The standard InChI is InChI=1S/C19H19F2N3O2/c20-15-6-4-14(5-7-15)19(26)24-10-8-23(9-11-24)13-18(25)22-17-3-1-2-16(21)12-17/h1-7,12H,8-11,13H2,(H,22,25). The van der Waals surface area contributed by atoms with Crippen LogP contribution >= 0.6 is 0 Å². The Kier molecular flexibility index (Phi) is 5.58. The third-order valence-electron chi connectivity index (χ3n) is 4.23. The van der Waals surface area contributed by atoms with Crippen molar-refractivity contribution in [2.75, 3.05) is 38.0 Å². The molecule has 0 radical (unpaired) electrons. The number of hydrogen-bond donors (Lipinski definition) is 1. The minimum Gasteiger partial charge on any atom is -0.336 e. The first kappa shape index (κ1) is 18.0. The molecular formula is C19H19F2N3O2.